The summed E-state index contributed by atoms with van der Waals surface area (Å²) in [5, 5.41) is 3.57. The van der Waals surface area contributed by atoms with E-state index in [1.54, 1.807) is 19.1 Å². The molecule has 0 radical (unpaired) electrons. The molecule has 1 aromatic heterocycles. The number of rotatable bonds is 9. The number of fused-ring (bicyclic) bond motifs is 1. The van der Waals surface area contributed by atoms with Crippen LogP contribution in [-0.2, 0) is 17.6 Å². The summed E-state index contributed by atoms with van der Waals surface area (Å²) < 4.78 is 11.0. The number of carbonyl (C=O) groups is 2. The van der Waals surface area contributed by atoms with Crippen molar-refractivity contribution < 1.29 is 19.1 Å². The first-order valence-electron chi connectivity index (χ1n) is 10.9. The van der Waals surface area contributed by atoms with E-state index < -0.39 is 0 Å². The number of amides is 1. The van der Waals surface area contributed by atoms with Crippen LogP contribution < -0.4 is 10.1 Å². The third-order valence-electron chi connectivity index (χ3n) is 5.53. The standard InChI is InChI=1S/C24H31NO4S/c1-4-7-14-29-18-11-9-17(10-12-18)22(26)25-23-21(24(27)28-6-3)19-13-8-16(5-2)15-20(19)30-23/h9-12,16H,4-8,13-15H2,1-3H3,(H,25,26). The Labute approximate surface area is 182 Å². The minimum atomic E-state index is -0.347. The molecule has 1 amide bonds. The molecule has 1 heterocycles. The molecule has 0 fully saturated rings. The van der Waals surface area contributed by atoms with Gasteiger partial charge in [-0.15, -0.1) is 11.3 Å². The van der Waals surface area contributed by atoms with E-state index in [0.29, 0.717) is 35.3 Å². The molecular weight excluding hydrogens is 398 g/mol. The maximum absolute atomic E-state index is 12.9. The second-order valence-corrected chi connectivity index (χ2v) is 8.73. The van der Waals surface area contributed by atoms with Crippen molar-refractivity contribution in [3.8, 4) is 5.75 Å². The monoisotopic (exact) mass is 429 g/mol. The number of ether oxygens (including phenoxy) is 2. The molecule has 1 N–H and O–H groups in total. The lowest BCUT2D eigenvalue weighted by molar-refractivity contribution is 0.0526. The van der Waals surface area contributed by atoms with Crippen molar-refractivity contribution in [2.45, 2.75) is 59.3 Å². The third kappa shape index (κ3) is 5.22. The van der Waals surface area contributed by atoms with Crippen LogP contribution in [0.25, 0.3) is 0 Å². The highest BCUT2D eigenvalue weighted by Gasteiger charge is 2.30. The van der Waals surface area contributed by atoms with Gasteiger partial charge in [-0.05, 0) is 68.4 Å². The van der Waals surface area contributed by atoms with Crippen molar-refractivity contribution in [3.05, 3.63) is 45.8 Å². The van der Waals surface area contributed by atoms with E-state index in [4.69, 9.17) is 9.47 Å². The van der Waals surface area contributed by atoms with E-state index in [1.165, 1.54) is 16.2 Å². The van der Waals surface area contributed by atoms with Gasteiger partial charge < -0.3 is 14.8 Å². The molecule has 1 unspecified atom stereocenters. The van der Waals surface area contributed by atoms with Crippen LogP contribution in [-0.4, -0.2) is 25.1 Å². The Morgan fingerprint density at radius 3 is 2.60 bits per heavy atom. The number of hydrogen-bond acceptors (Lipinski definition) is 5. The zero-order chi connectivity index (χ0) is 21.5. The highest BCUT2D eigenvalue weighted by atomic mass is 32.1. The van der Waals surface area contributed by atoms with Crippen LogP contribution in [0.5, 0.6) is 5.75 Å². The van der Waals surface area contributed by atoms with Crippen LogP contribution in [0, 0.1) is 5.92 Å². The zero-order valence-corrected chi connectivity index (χ0v) is 18.9. The van der Waals surface area contributed by atoms with E-state index in [2.05, 4.69) is 19.2 Å². The second kappa shape index (κ2) is 10.6. The molecule has 3 rings (SSSR count). The lowest BCUT2D eigenvalue weighted by Gasteiger charge is -2.20. The SMILES string of the molecule is CCCCOc1ccc(C(=O)Nc2sc3c(c2C(=O)OCC)CCC(CC)C3)cc1. The summed E-state index contributed by atoms with van der Waals surface area (Å²) in [4.78, 5) is 26.7. The number of anilines is 1. The molecule has 0 spiro atoms. The first kappa shape index (κ1) is 22.3. The fraction of sp³-hybridized carbons (Fsp3) is 0.500. The molecule has 2 aromatic rings. The average molecular weight is 430 g/mol. The smallest absolute Gasteiger partial charge is 0.341 e. The minimum absolute atomic E-state index is 0.230. The van der Waals surface area contributed by atoms with Crippen LogP contribution in [0.3, 0.4) is 0 Å². The topological polar surface area (TPSA) is 64.6 Å². The minimum Gasteiger partial charge on any atom is -0.494 e. The molecule has 0 saturated carbocycles. The van der Waals surface area contributed by atoms with Gasteiger partial charge in [-0.3, -0.25) is 4.79 Å². The van der Waals surface area contributed by atoms with Gasteiger partial charge in [0.05, 0.1) is 18.8 Å². The predicted molar refractivity (Wildman–Crippen MR) is 121 cm³/mol. The molecule has 0 bridgehead atoms. The first-order valence-corrected chi connectivity index (χ1v) is 11.7. The van der Waals surface area contributed by atoms with Crippen molar-refractivity contribution >= 4 is 28.2 Å². The van der Waals surface area contributed by atoms with Crippen molar-refractivity contribution in [3.63, 3.8) is 0 Å². The highest BCUT2D eigenvalue weighted by molar-refractivity contribution is 7.17. The molecule has 5 nitrogen and oxygen atoms in total. The highest BCUT2D eigenvalue weighted by Crippen LogP contribution is 2.41. The molecule has 1 atom stereocenters. The van der Waals surface area contributed by atoms with Crippen LogP contribution in [0.1, 0.15) is 77.6 Å². The zero-order valence-electron chi connectivity index (χ0n) is 18.1. The molecule has 0 aliphatic heterocycles. The summed E-state index contributed by atoms with van der Waals surface area (Å²) in [6.07, 6.45) is 6.09. The Kier molecular flexibility index (Phi) is 7.91. The Bertz CT molecular complexity index is 872. The first-order chi connectivity index (χ1) is 14.6. The summed E-state index contributed by atoms with van der Waals surface area (Å²) in [7, 11) is 0. The Morgan fingerprint density at radius 1 is 1.17 bits per heavy atom. The largest absolute Gasteiger partial charge is 0.494 e. The van der Waals surface area contributed by atoms with Crippen LogP contribution in [0.2, 0.25) is 0 Å². The van der Waals surface area contributed by atoms with Crippen LogP contribution in [0.15, 0.2) is 24.3 Å². The number of carbonyl (C=O) groups excluding carboxylic acids is 2. The second-order valence-electron chi connectivity index (χ2n) is 7.63. The number of esters is 1. The number of unbranched alkanes of at least 4 members (excludes halogenated alkanes) is 1. The summed E-state index contributed by atoms with van der Waals surface area (Å²) >= 11 is 1.52. The number of benzene rings is 1. The van der Waals surface area contributed by atoms with Gasteiger partial charge in [-0.25, -0.2) is 4.79 Å². The van der Waals surface area contributed by atoms with Crippen LogP contribution >= 0.6 is 11.3 Å². The predicted octanol–water partition coefficient (Wildman–Crippen LogP) is 5.87. The van der Waals surface area contributed by atoms with Gasteiger partial charge in [0.1, 0.15) is 10.8 Å². The molecule has 0 saturated heterocycles. The van der Waals surface area contributed by atoms with E-state index in [1.807, 2.05) is 12.1 Å². The number of nitrogens with one attached hydrogen (secondary N) is 1. The van der Waals surface area contributed by atoms with Crippen LogP contribution in [0.4, 0.5) is 5.00 Å². The van der Waals surface area contributed by atoms with E-state index in [-0.39, 0.29) is 11.9 Å². The van der Waals surface area contributed by atoms with Gasteiger partial charge in [0, 0.05) is 10.4 Å². The van der Waals surface area contributed by atoms with E-state index >= 15 is 0 Å². The Balaban J connectivity index is 1.78. The molecule has 1 aliphatic carbocycles. The summed E-state index contributed by atoms with van der Waals surface area (Å²) in [5.74, 6) is 0.811. The van der Waals surface area contributed by atoms with Gasteiger partial charge >= 0.3 is 5.97 Å². The Morgan fingerprint density at radius 2 is 1.93 bits per heavy atom. The molecule has 30 heavy (non-hydrogen) atoms. The third-order valence-corrected chi connectivity index (χ3v) is 6.70. The Hall–Kier alpha value is -2.34. The van der Waals surface area contributed by atoms with Gasteiger partial charge in [0.15, 0.2) is 0 Å². The van der Waals surface area contributed by atoms with E-state index in [0.717, 1.165) is 49.8 Å². The van der Waals surface area contributed by atoms with Gasteiger partial charge in [-0.2, -0.15) is 0 Å². The number of thiophene rings is 1. The van der Waals surface area contributed by atoms with Crippen molar-refractivity contribution in [1.29, 1.82) is 0 Å². The quantitative estimate of drug-likeness (QED) is 0.400. The molecular formula is C24H31NO4S. The fourth-order valence-corrected chi connectivity index (χ4v) is 5.07. The molecule has 1 aliphatic rings. The van der Waals surface area contributed by atoms with Gasteiger partial charge in [0.25, 0.3) is 5.91 Å². The summed E-state index contributed by atoms with van der Waals surface area (Å²) in [6.45, 7) is 7.10. The average Bonchev–Trinajstić information content (AvgIpc) is 3.11. The summed E-state index contributed by atoms with van der Waals surface area (Å²) in [6, 6.07) is 7.12. The maximum atomic E-state index is 12.9. The molecule has 6 heteroatoms. The van der Waals surface area contributed by atoms with Crippen molar-refractivity contribution in [1.82, 2.24) is 0 Å². The lowest BCUT2D eigenvalue weighted by Crippen LogP contribution is -2.17. The van der Waals surface area contributed by atoms with Crippen molar-refractivity contribution in [2.75, 3.05) is 18.5 Å². The van der Waals surface area contributed by atoms with Gasteiger partial charge in [0.2, 0.25) is 0 Å². The molecule has 1 aromatic carbocycles. The normalized spacial score (nSPS) is 15.4. The summed E-state index contributed by atoms with van der Waals surface area (Å²) in [5.41, 5.74) is 2.13. The fourth-order valence-electron chi connectivity index (χ4n) is 3.72. The number of hydrogen-bond donors (Lipinski definition) is 1. The maximum Gasteiger partial charge on any atom is 0.341 e. The van der Waals surface area contributed by atoms with Crippen molar-refractivity contribution in [2.24, 2.45) is 5.92 Å². The van der Waals surface area contributed by atoms with Gasteiger partial charge in [-0.1, -0.05) is 26.7 Å². The molecule has 162 valence electrons. The lowest BCUT2D eigenvalue weighted by atomic mass is 9.85. The van der Waals surface area contributed by atoms with E-state index in [9.17, 15) is 9.59 Å².